The first kappa shape index (κ1) is 11.6. The lowest BCUT2D eigenvalue weighted by atomic mass is 10.1. The average Bonchev–Trinajstić information content (AvgIpc) is 3.13. The Labute approximate surface area is 96.9 Å². The van der Waals surface area contributed by atoms with Crippen LogP contribution >= 0.6 is 0 Å². The van der Waals surface area contributed by atoms with E-state index in [2.05, 4.69) is 17.0 Å². The highest BCUT2D eigenvalue weighted by Crippen LogP contribution is 2.27. The van der Waals surface area contributed by atoms with E-state index in [1.165, 1.54) is 18.4 Å². The van der Waals surface area contributed by atoms with Crippen molar-refractivity contribution in [3.05, 3.63) is 35.4 Å². The van der Waals surface area contributed by atoms with Crippen LogP contribution in [0.2, 0.25) is 0 Å². The van der Waals surface area contributed by atoms with Crippen molar-refractivity contribution in [3.63, 3.8) is 0 Å². The Balaban J connectivity index is 1.94. The predicted molar refractivity (Wildman–Crippen MR) is 64.9 cm³/mol. The van der Waals surface area contributed by atoms with Gasteiger partial charge in [0.05, 0.1) is 6.61 Å². The minimum Gasteiger partial charge on any atom is -0.392 e. The van der Waals surface area contributed by atoms with E-state index in [-0.39, 0.29) is 6.61 Å². The number of nitrogens with two attached hydrogens (primary N) is 1. The van der Waals surface area contributed by atoms with Gasteiger partial charge in [0.25, 0.3) is 0 Å². The smallest absolute Gasteiger partial charge is 0.0681 e. The largest absolute Gasteiger partial charge is 0.392 e. The molecule has 16 heavy (non-hydrogen) atoms. The van der Waals surface area contributed by atoms with Gasteiger partial charge in [0.2, 0.25) is 0 Å². The van der Waals surface area contributed by atoms with E-state index in [1.807, 2.05) is 12.1 Å². The second-order valence-electron chi connectivity index (χ2n) is 4.46. The molecule has 1 aliphatic carbocycles. The summed E-state index contributed by atoms with van der Waals surface area (Å²) in [6.07, 6.45) is 2.63. The van der Waals surface area contributed by atoms with Gasteiger partial charge in [0.15, 0.2) is 0 Å². The molecule has 0 unspecified atom stereocenters. The Bertz CT molecular complexity index is 319. The maximum absolute atomic E-state index is 8.97. The molecular weight excluding hydrogens is 200 g/mol. The summed E-state index contributed by atoms with van der Waals surface area (Å²) in [7, 11) is 0. The van der Waals surface area contributed by atoms with Crippen LogP contribution in [0.5, 0.6) is 0 Å². The highest BCUT2D eigenvalue weighted by molar-refractivity contribution is 5.22. The molecule has 0 amide bonds. The summed E-state index contributed by atoms with van der Waals surface area (Å²) >= 11 is 0. The zero-order valence-electron chi connectivity index (χ0n) is 9.60. The van der Waals surface area contributed by atoms with Gasteiger partial charge in [-0.15, -0.1) is 0 Å². The molecule has 3 heteroatoms. The lowest BCUT2D eigenvalue weighted by Gasteiger charge is -2.21. The fourth-order valence-electron chi connectivity index (χ4n) is 1.98. The highest BCUT2D eigenvalue weighted by Gasteiger charge is 2.28. The third kappa shape index (κ3) is 3.04. The molecule has 1 saturated carbocycles. The predicted octanol–water partition coefficient (Wildman–Crippen LogP) is 1.10. The minimum absolute atomic E-state index is 0.120. The molecule has 1 fully saturated rings. The van der Waals surface area contributed by atoms with Crippen molar-refractivity contribution in [2.45, 2.75) is 32.0 Å². The lowest BCUT2D eigenvalue weighted by molar-refractivity contribution is 0.262. The molecule has 0 heterocycles. The Kier molecular flexibility index (Phi) is 3.93. The molecule has 0 radical (unpaired) electrons. The molecule has 0 aromatic heterocycles. The van der Waals surface area contributed by atoms with Crippen LogP contribution in [0.25, 0.3) is 0 Å². The van der Waals surface area contributed by atoms with Gasteiger partial charge in [-0.2, -0.15) is 0 Å². The van der Waals surface area contributed by atoms with E-state index in [4.69, 9.17) is 10.8 Å². The van der Waals surface area contributed by atoms with Crippen LogP contribution in [-0.2, 0) is 13.2 Å². The first-order valence-electron chi connectivity index (χ1n) is 5.96. The molecule has 2 rings (SSSR count). The highest BCUT2D eigenvalue weighted by atomic mass is 16.3. The molecule has 0 atom stereocenters. The quantitative estimate of drug-likeness (QED) is 0.755. The molecule has 1 aromatic rings. The van der Waals surface area contributed by atoms with Crippen LogP contribution in [0.3, 0.4) is 0 Å². The molecular formula is C13H20N2O. The third-order valence-corrected chi connectivity index (χ3v) is 3.07. The summed E-state index contributed by atoms with van der Waals surface area (Å²) in [6, 6.07) is 8.92. The van der Waals surface area contributed by atoms with Crippen molar-refractivity contribution < 1.29 is 5.11 Å². The summed E-state index contributed by atoms with van der Waals surface area (Å²) in [5.74, 6) is 0. The number of benzene rings is 1. The number of hydrogen-bond acceptors (Lipinski definition) is 3. The molecule has 0 saturated heterocycles. The Hall–Kier alpha value is -0.900. The molecule has 1 aromatic carbocycles. The number of rotatable bonds is 6. The molecule has 0 spiro atoms. The number of aliphatic hydroxyl groups is 1. The first-order chi connectivity index (χ1) is 7.83. The van der Waals surface area contributed by atoms with Crippen molar-refractivity contribution in [1.82, 2.24) is 4.90 Å². The van der Waals surface area contributed by atoms with Gasteiger partial charge < -0.3 is 10.8 Å². The standard InChI is InChI=1S/C13H20N2O/c14-7-8-15(13-5-6-13)9-11-1-3-12(10-16)4-2-11/h1-4,13,16H,5-10,14H2. The van der Waals surface area contributed by atoms with Crippen LogP contribution in [0.15, 0.2) is 24.3 Å². The normalized spacial score (nSPS) is 15.7. The maximum Gasteiger partial charge on any atom is 0.0681 e. The molecule has 3 nitrogen and oxygen atoms in total. The minimum atomic E-state index is 0.120. The Morgan fingerprint density at radius 3 is 2.31 bits per heavy atom. The van der Waals surface area contributed by atoms with E-state index < -0.39 is 0 Å². The van der Waals surface area contributed by atoms with E-state index >= 15 is 0 Å². The molecule has 0 bridgehead atoms. The first-order valence-corrected chi connectivity index (χ1v) is 5.96. The SMILES string of the molecule is NCCN(Cc1ccc(CO)cc1)C1CC1. The van der Waals surface area contributed by atoms with Crippen LogP contribution < -0.4 is 5.73 Å². The van der Waals surface area contributed by atoms with Crippen molar-refractivity contribution in [2.24, 2.45) is 5.73 Å². The van der Waals surface area contributed by atoms with Crippen molar-refractivity contribution in [3.8, 4) is 0 Å². The molecule has 1 aliphatic rings. The zero-order chi connectivity index (χ0) is 11.4. The molecule has 88 valence electrons. The van der Waals surface area contributed by atoms with E-state index in [0.717, 1.165) is 31.2 Å². The number of aliphatic hydroxyl groups excluding tert-OH is 1. The third-order valence-electron chi connectivity index (χ3n) is 3.07. The summed E-state index contributed by atoms with van der Waals surface area (Å²) in [5, 5.41) is 8.97. The summed E-state index contributed by atoms with van der Waals surface area (Å²) in [5.41, 5.74) is 7.90. The second-order valence-corrected chi connectivity index (χ2v) is 4.46. The van der Waals surface area contributed by atoms with Gasteiger partial charge in [-0.25, -0.2) is 0 Å². The van der Waals surface area contributed by atoms with Crippen LogP contribution in [0, 0.1) is 0 Å². The van der Waals surface area contributed by atoms with E-state index in [0.29, 0.717) is 0 Å². The van der Waals surface area contributed by atoms with Gasteiger partial charge in [-0.3, -0.25) is 4.90 Å². The monoisotopic (exact) mass is 220 g/mol. The van der Waals surface area contributed by atoms with Gasteiger partial charge in [0.1, 0.15) is 0 Å². The fraction of sp³-hybridized carbons (Fsp3) is 0.538. The number of hydrogen-bond donors (Lipinski definition) is 2. The van der Waals surface area contributed by atoms with Gasteiger partial charge >= 0.3 is 0 Å². The molecule has 0 aliphatic heterocycles. The maximum atomic E-state index is 8.97. The lowest BCUT2D eigenvalue weighted by Crippen LogP contribution is -2.30. The zero-order valence-corrected chi connectivity index (χ0v) is 9.60. The topological polar surface area (TPSA) is 49.5 Å². The van der Waals surface area contributed by atoms with Crippen LogP contribution in [-0.4, -0.2) is 29.1 Å². The van der Waals surface area contributed by atoms with Crippen LogP contribution in [0.4, 0.5) is 0 Å². The van der Waals surface area contributed by atoms with Crippen molar-refractivity contribution >= 4 is 0 Å². The Morgan fingerprint density at radius 1 is 1.19 bits per heavy atom. The summed E-state index contributed by atoms with van der Waals surface area (Å²) < 4.78 is 0. The van der Waals surface area contributed by atoms with Gasteiger partial charge in [-0.05, 0) is 24.0 Å². The van der Waals surface area contributed by atoms with Crippen LogP contribution in [0.1, 0.15) is 24.0 Å². The van der Waals surface area contributed by atoms with Crippen molar-refractivity contribution in [2.75, 3.05) is 13.1 Å². The number of nitrogens with zero attached hydrogens (tertiary/aromatic N) is 1. The van der Waals surface area contributed by atoms with Gasteiger partial charge in [-0.1, -0.05) is 24.3 Å². The fourth-order valence-corrected chi connectivity index (χ4v) is 1.98. The average molecular weight is 220 g/mol. The van der Waals surface area contributed by atoms with E-state index in [1.54, 1.807) is 0 Å². The summed E-state index contributed by atoms with van der Waals surface area (Å²) in [6.45, 7) is 2.81. The van der Waals surface area contributed by atoms with E-state index in [9.17, 15) is 0 Å². The molecule has 3 N–H and O–H groups in total. The summed E-state index contributed by atoms with van der Waals surface area (Å²) in [4.78, 5) is 2.45. The second kappa shape index (κ2) is 5.43. The Morgan fingerprint density at radius 2 is 1.81 bits per heavy atom. The van der Waals surface area contributed by atoms with Crippen molar-refractivity contribution in [1.29, 1.82) is 0 Å². The van der Waals surface area contributed by atoms with Gasteiger partial charge in [0, 0.05) is 25.7 Å².